The van der Waals surface area contributed by atoms with Crippen molar-refractivity contribution in [3.63, 3.8) is 0 Å². The summed E-state index contributed by atoms with van der Waals surface area (Å²) in [4.78, 5) is 16.6. The molecule has 0 radical (unpaired) electrons. The van der Waals surface area contributed by atoms with Gasteiger partial charge in [-0.1, -0.05) is 23.4 Å². The second kappa shape index (κ2) is 7.59. The largest absolute Gasteiger partial charge is 0.467 e. The molecule has 2 aromatic heterocycles. The maximum atomic E-state index is 12.2. The molecule has 5 nitrogen and oxygen atoms in total. The average molecular weight is 362 g/mol. The lowest BCUT2D eigenvalue weighted by atomic mass is 10.3. The summed E-state index contributed by atoms with van der Waals surface area (Å²) in [5.74, 6) is 0.658. The number of carbonyl (C=O) groups excluding carboxylic acids is 1. The Morgan fingerprint density at radius 1 is 1.38 bits per heavy atom. The van der Waals surface area contributed by atoms with Crippen LogP contribution in [-0.4, -0.2) is 20.7 Å². The summed E-state index contributed by atoms with van der Waals surface area (Å²) < 4.78 is 7.14. The van der Waals surface area contributed by atoms with Gasteiger partial charge in [-0.25, -0.2) is 4.98 Å². The molecule has 3 rings (SSSR count). The summed E-state index contributed by atoms with van der Waals surface area (Å²) >= 11 is 7.32. The van der Waals surface area contributed by atoms with Gasteiger partial charge in [-0.3, -0.25) is 9.36 Å². The molecule has 0 aliphatic heterocycles. The van der Waals surface area contributed by atoms with Crippen LogP contribution < -0.4 is 5.32 Å². The van der Waals surface area contributed by atoms with Gasteiger partial charge in [-0.2, -0.15) is 0 Å². The highest BCUT2D eigenvalue weighted by molar-refractivity contribution is 8.00. The Hall–Kier alpha value is -2.18. The lowest BCUT2D eigenvalue weighted by molar-refractivity contribution is -0.120. The standard InChI is InChI=1S/C17H16ClN3O2S/c1-12(16(22)20-11-15-3-2-10-23-15)24-17-19-8-9-21(17)14-6-4-13(18)5-7-14/h2-10,12H,11H2,1H3,(H,20,22)/t12-/m0/s1. The fourth-order valence-electron chi connectivity index (χ4n) is 2.12. The molecule has 0 saturated heterocycles. The van der Waals surface area contributed by atoms with Crippen LogP contribution in [0.5, 0.6) is 0 Å². The minimum absolute atomic E-state index is 0.0675. The fourth-order valence-corrected chi connectivity index (χ4v) is 3.15. The van der Waals surface area contributed by atoms with E-state index in [4.69, 9.17) is 16.0 Å². The molecule has 2 heterocycles. The smallest absolute Gasteiger partial charge is 0.233 e. The molecule has 24 heavy (non-hydrogen) atoms. The zero-order valence-electron chi connectivity index (χ0n) is 13.0. The van der Waals surface area contributed by atoms with E-state index < -0.39 is 0 Å². The van der Waals surface area contributed by atoms with Crippen molar-refractivity contribution in [3.8, 4) is 5.69 Å². The van der Waals surface area contributed by atoms with E-state index in [0.29, 0.717) is 11.6 Å². The summed E-state index contributed by atoms with van der Waals surface area (Å²) in [6, 6.07) is 11.1. The number of aromatic nitrogens is 2. The summed E-state index contributed by atoms with van der Waals surface area (Å²) in [6.07, 6.45) is 5.16. The van der Waals surface area contributed by atoms with E-state index in [-0.39, 0.29) is 11.2 Å². The van der Waals surface area contributed by atoms with Gasteiger partial charge in [-0.05, 0) is 43.3 Å². The van der Waals surface area contributed by atoms with Crippen LogP contribution in [0.3, 0.4) is 0 Å². The normalized spacial score (nSPS) is 12.1. The van der Waals surface area contributed by atoms with Crippen molar-refractivity contribution in [2.45, 2.75) is 23.9 Å². The van der Waals surface area contributed by atoms with Gasteiger partial charge in [-0.15, -0.1) is 0 Å². The van der Waals surface area contributed by atoms with E-state index >= 15 is 0 Å². The van der Waals surface area contributed by atoms with E-state index in [0.717, 1.165) is 16.6 Å². The van der Waals surface area contributed by atoms with Crippen molar-refractivity contribution >= 4 is 29.3 Å². The Morgan fingerprint density at radius 2 is 2.17 bits per heavy atom. The van der Waals surface area contributed by atoms with Crippen LogP contribution in [0.2, 0.25) is 5.02 Å². The van der Waals surface area contributed by atoms with Crippen LogP contribution in [0.4, 0.5) is 0 Å². The van der Waals surface area contributed by atoms with Crippen LogP contribution >= 0.6 is 23.4 Å². The molecule has 7 heteroatoms. The maximum absolute atomic E-state index is 12.2. The van der Waals surface area contributed by atoms with E-state index in [9.17, 15) is 4.79 Å². The zero-order chi connectivity index (χ0) is 16.9. The molecule has 3 aromatic rings. The van der Waals surface area contributed by atoms with Gasteiger partial charge < -0.3 is 9.73 Å². The number of nitrogens with zero attached hydrogens (tertiary/aromatic N) is 2. The van der Waals surface area contributed by atoms with Crippen molar-refractivity contribution in [2.75, 3.05) is 0 Å². The highest BCUT2D eigenvalue weighted by Crippen LogP contribution is 2.25. The third-order valence-corrected chi connectivity index (χ3v) is 4.71. The molecule has 1 amide bonds. The molecule has 0 saturated carbocycles. The number of hydrogen-bond donors (Lipinski definition) is 1. The Kier molecular flexibility index (Phi) is 5.27. The highest BCUT2D eigenvalue weighted by atomic mass is 35.5. The van der Waals surface area contributed by atoms with Crippen LogP contribution in [0.15, 0.2) is 64.6 Å². The molecule has 1 N–H and O–H groups in total. The molecular formula is C17H16ClN3O2S. The Balaban J connectivity index is 1.64. The lowest BCUT2D eigenvalue weighted by Gasteiger charge is -2.12. The number of benzene rings is 1. The minimum Gasteiger partial charge on any atom is -0.467 e. The first-order chi connectivity index (χ1) is 11.6. The number of furan rings is 1. The lowest BCUT2D eigenvalue weighted by Crippen LogP contribution is -2.30. The number of amides is 1. The molecule has 0 unspecified atom stereocenters. The van der Waals surface area contributed by atoms with Gasteiger partial charge in [0.1, 0.15) is 5.76 Å². The molecule has 1 atom stereocenters. The average Bonchev–Trinajstić information content (AvgIpc) is 3.25. The zero-order valence-corrected chi connectivity index (χ0v) is 14.6. The topological polar surface area (TPSA) is 60.1 Å². The molecule has 0 bridgehead atoms. The summed E-state index contributed by atoms with van der Waals surface area (Å²) in [5, 5.41) is 4.00. The number of carbonyl (C=O) groups is 1. The maximum Gasteiger partial charge on any atom is 0.233 e. The van der Waals surface area contributed by atoms with Crippen molar-refractivity contribution in [1.29, 1.82) is 0 Å². The van der Waals surface area contributed by atoms with Crippen LogP contribution in [0.1, 0.15) is 12.7 Å². The van der Waals surface area contributed by atoms with Crippen molar-refractivity contribution in [1.82, 2.24) is 14.9 Å². The third-order valence-electron chi connectivity index (χ3n) is 3.38. The van der Waals surface area contributed by atoms with Gasteiger partial charge in [0.25, 0.3) is 0 Å². The first-order valence-corrected chi connectivity index (χ1v) is 8.65. The molecule has 0 fully saturated rings. The van der Waals surface area contributed by atoms with Crippen LogP contribution in [0, 0.1) is 0 Å². The summed E-state index contributed by atoms with van der Waals surface area (Å²) in [6.45, 7) is 2.23. The third kappa shape index (κ3) is 4.01. The molecule has 0 aliphatic rings. The highest BCUT2D eigenvalue weighted by Gasteiger charge is 2.17. The molecule has 0 spiro atoms. The molecule has 124 valence electrons. The predicted molar refractivity (Wildman–Crippen MR) is 94.4 cm³/mol. The molecule has 1 aromatic carbocycles. The predicted octanol–water partition coefficient (Wildman–Crippen LogP) is 3.92. The first kappa shape index (κ1) is 16.7. The number of thioether (sulfide) groups is 1. The van der Waals surface area contributed by atoms with Gasteiger partial charge in [0.15, 0.2) is 5.16 Å². The summed E-state index contributed by atoms with van der Waals surface area (Å²) in [5.41, 5.74) is 0.947. The second-order valence-electron chi connectivity index (χ2n) is 5.11. The number of hydrogen-bond acceptors (Lipinski definition) is 4. The van der Waals surface area contributed by atoms with Gasteiger partial charge in [0.2, 0.25) is 5.91 Å². The van der Waals surface area contributed by atoms with Gasteiger partial charge >= 0.3 is 0 Å². The van der Waals surface area contributed by atoms with Crippen molar-refractivity contribution in [2.24, 2.45) is 0 Å². The SMILES string of the molecule is C[C@H](Sc1nccn1-c1ccc(Cl)cc1)C(=O)NCc1ccco1. The second-order valence-corrected chi connectivity index (χ2v) is 6.86. The Labute approximate surface area is 149 Å². The van der Waals surface area contributed by atoms with Crippen molar-refractivity contribution in [3.05, 3.63) is 65.8 Å². The van der Waals surface area contributed by atoms with E-state index in [1.807, 2.05) is 48.0 Å². The number of nitrogens with one attached hydrogen (secondary N) is 1. The minimum atomic E-state index is -0.284. The van der Waals surface area contributed by atoms with E-state index in [1.54, 1.807) is 18.5 Å². The van der Waals surface area contributed by atoms with E-state index in [1.165, 1.54) is 11.8 Å². The molecule has 0 aliphatic carbocycles. The monoisotopic (exact) mass is 361 g/mol. The van der Waals surface area contributed by atoms with Crippen LogP contribution in [-0.2, 0) is 11.3 Å². The number of halogens is 1. The fraction of sp³-hybridized carbons (Fsp3) is 0.176. The van der Waals surface area contributed by atoms with Crippen LogP contribution in [0.25, 0.3) is 5.69 Å². The summed E-state index contributed by atoms with van der Waals surface area (Å²) in [7, 11) is 0. The quantitative estimate of drug-likeness (QED) is 0.676. The Morgan fingerprint density at radius 3 is 2.88 bits per heavy atom. The van der Waals surface area contributed by atoms with Gasteiger partial charge in [0, 0.05) is 23.1 Å². The number of imidazole rings is 1. The molecular weight excluding hydrogens is 346 g/mol. The number of rotatable bonds is 6. The van der Waals surface area contributed by atoms with Gasteiger partial charge in [0.05, 0.1) is 18.1 Å². The van der Waals surface area contributed by atoms with E-state index in [2.05, 4.69) is 10.3 Å². The first-order valence-electron chi connectivity index (χ1n) is 7.39. The Bertz CT molecular complexity index is 800. The van der Waals surface area contributed by atoms with Crippen molar-refractivity contribution < 1.29 is 9.21 Å².